The van der Waals surface area contributed by atoms with E-state index in [0.29, 0.717) is 0 Å². The van der Waals surface area contributed by atoms with Crippen LogP contribution in [0, 0.1) is 5.82 Å². The van der Waals surface area contributed by atoms with Gasteiger partial charge in [-0.2, -0.15) is 0 Å². The molecule has 2 heterocycles. The number of likely N-dealkylation sites (tertiary alicyclic amines) is 1. The molecule has 1 unspecified atom stereocenters. The molecule has 1 aliphatic rings. The molecule has 1 atom stereocenters. The highest BCUT2D eigenvalue weighted by molar-refractivity contribution is 7.09. The fourth-order valence-electron chi connectivity index (χ4n) is 2.64. The molecule has 1 aliphatic heterocycles. The largest absolute Gasteiger partial charge is 0.333 e. The SMILES string of the molecule is O=C(Cc1cccc(F)c1)N1CCCC1c1nccs1. The first-order chi connectivity index (χ1) is 9.74. The van der Waals surface area contributed by atoms with Crippen LogP contribution in [-0.4, -0.2) is 22.3 Å². The molecule has 0 spiro atoms. The first kappa shape index (κ1) is 13.2. The van der Waals surface area contributed by atoms with E-state index >= 15 is 0 Å². The third kappa shape index (κ3) is 2.72. The molecule has 2 aromatic rings. The van der Waals surface area contributed by atoms with E-state index in [0.717, 1.165) is 30.0 Å². The highest BCUT2D eigenvalue weighted by Crippen LogP contribution is 2.33. The van der Waals surface area contributed by atoms with Crippen LogP contribution in [0.5, 0.6) is 0 Å². The Hall–Kier alpha value is -1.75. The van der Waals surface area contributed by atoms with Gasteiger partial charge in [-0.25, -0.2) is 9.37 Å². The van der Waals surface area contributed by atoms with Crippen molar-refractivity contribution in [3.8, 4) is 0 Å². The molecule has 104 valence electrons. The van der Waals surface area contributed by atoms with Crippen molar-refractivity contribution >= 4 is 17.2 Å². The standard InChI is InChI=1S/C15H15FN2OS/c16-12-4-1-3-11(9-12)10-14(19)18-7-2-5-13(18)15-17-6-8-20-15/h1,3-4,6,8-9,13H,2,5,7,10H2. The Morgan fingerprint density at radius 1 is 1.50 bits per heavy atom. The van der Waals surface area contributed by atoms with Crippen LogP contribution in [0.2, 0.25) is 0 Å². The van der Waals surface area contributed by atoms with Crippen molar-refractivity contribution in [1.82, 2.24) is 9.88 Å². The number of amides is 1. The number of nitrogens with zero attached hydrogens (tertiary/aromatic N) is 2. The summed E-state index contributed by atoms with van der Waals surface area (Å²) in [6.07, 6.45) is 3.98. The molecule has 0 bridgehead atoms. The van der Waals surface area contributed by atoms with E-state index in [2.05, 4.69) is 4.98 Å². The van der Waals surface area contributed by atoms with Gasteiger partial charge in [0.25, 0.3) is 0 Å². The van der Waals surface area contributed by atoms with Crippen molar-refractivity contribution in [3.05, 3.63) is 52.2 Å². The van der Waals surface area contributed by atoms with Crippen LogP contribution in [0.3, 0.4) is 0 Å². The van der Waals surface area contributed by atoms with Crippen molar-refractivity contribution in [1.29, 1.82) is 0 Å². The summed E-state index contributed by atoms with van der Waals surface area (Å²) in [5.41, 5.74) is 0.722. The topological polar surface area (TPSA) is 33.2 Å². The number of hydrogen-bond acceptors (Lipinski definition) is 3. The van der Waals surface area contributed by atoms with Crippen LogP contribution in [0.1, 0.15) is 29.5 Å². The first-order valence-electron chi connectivity index (χ1n) is 6.67. The van der Waals surface area contributed by atoms with Crippen molar-refractivity contribution in [2.75, 3.05) is 6.54 Å². The van der Waals surface area contributed by atoms with Crippen molar-refractivity contribution < 1.29 is 9.18 Å². The highest BCUT2D eigenvalue weighted by atomic mass is 32.1. The predicted octanol–water partition coefficient (Wildman–Crippen LogP) is 3.19. The second-order valence-corrected chi connectivity index (χ2v) is 5.85. The smallest absolute Gasteiger partial charge is 0.227 e. The molecule has 0 aliphatic carbocycles. The average Bonchev–Trinajstić information content (AvgIpc) is 3.09. The van der Waals surface area contributed by atoms with Crippen molar-refractivity contribution in [2.24, 2.45) is 0 Å². The monoisotopic (exact) mass is 290 g/mol. The number of thiazole rings is 1. The van der Waals surface area contributed by atoms with Crippen LogP contribution >= 0.6 is 11.3 Å². The van der Waals surface area contributed by atoms with E-state index in [1.54, 1.807) is 29.7 Å². The lowest BCUT2D eigenvalue weighted by atomic mass is 10.1. The molecule has 0 radical (unpaired) electrons. The number of benzene rings is 1. The summed E-state index contributed by atoms with van der Waals surface area (Å²) in [6.45, 7) is 0.762. The summed E-state index contributed by atoms with van der Waals surface area (Å²) >= 11 is 1.59. The molecule has 0 N–H and O–H groups in total. The number of aromatic nitrogens is 1. The van der Waals surface area contributed by atoms with Crippen LogP contribution in [0.4, 0.5) is 4.39 Å². The Bertz CT molecular complexity index is 600. The van der Waals surface area contributed by atoms with Gasteiger partial charge < -0.3 is 4.90 Å². The maximum Gasteiger partial charge on any atom is 0.227 e. The number of halogens is 1. The third-order valence-electron chi connectivity index (χ3n) is 3.55. The Kier molecular flexibility index (Phi) is 3.78. The molecule has 3 rings (SSSR count). The van der Waals surface area contributed by atoms with E-state index < -0.39 is 0 Å². The minimum absolute atomic E-state index is 0.0494. The van der Waals surface area contributed by atoms with E-state index in [-0.39, 0.29) is 24.2 Å². The van der Waals surface area contributed by atoms with Gasteiger partial charge in [0.15, 0.2) is 0 Å². The minimum atomic E-state index is -0.298. The second-order valence-electron chi connectivity index (χ2n) is 4.92. The Balaban J connectivity index is 1.73. The Morgan fingerprint density at radius 2 is 2.40 bits per heavy atom. The van der Waals surface area contributed by atoms with Crippen LogP contribution in [0.25, 0.3) is 0 Å². The summed E-state index contributed by atoms with van der Waals surface area (Å²) in [4.78, 5) is 18.6. The zero-order valence-electron chi connectivity index (χ0n) is 11.0. The third-order valence-corrected chi connectivity index (χ3v) is 4.43. The molecule has 1 aromatic heterocycles. The maximum absolute atomic E-state index is 13.2. The molecule has 3 nitrogen and oxygen atoms in total. The summed E-state index contributed by atoms with van der Waals surface area (Å²) in [5.74, 6) is -0.249. The van der Waals surface area contributed by atoms with Crippen molar-refractivity contribution in [3.63, 3.8) is 0 Å². The lowest BCUT2D eigenvalue weighted by molar-refractivity contribution is -0.131. The Morgan fingerprint density at radius 3 is 3.15 bits per heavy atom. The fraction of sp³-hybridized carbons (Fsp3) is 0.333. The van der Waals surface area contributed by atoms with Crippen molar-refractivity contribution in [2.45, 2.75) is 25.3 Å². The molecular formula is C15H15FN2OS. The number of rotatable bonds is 3. The molecule has 20 heavy (non-hydrogen) atoms. The summed E-state index contributed by atoms with van der Waals surface area (Å²) in [6, 6.07) is 6.33. The Labute approximate surface area is 121 Å². The van der Waals surface area contributed by atoms with Gasteiger partial charge >= 0.3 is 0 Å². The molecular weight excluding hydrogens is 275 g/mol. The summed E-state index contributed by atoms with van der Waals surface area (Å²) in [7, 11) is 0. The molecule has 0 saturated carbocycles. The number of carbonyl (C=O) groups is 1. The fourth-order valence-corrected chi connectivity index (χ4v) is 3.43. The minimum Gasteiger partial charge on any atom is -0.333 e. The van der Waals surface area contributed by atoms with Crippen LogP contribution in [0.15, 0.2) is 35.8 Å². The molecule has 5 heteroatoms. The number of carbonyl (C=O) groups excluding carboxylic acids is 1. The van der Waals surface area contributed by atoms with Gasteiger partial charge in [0, 0.05) is 18.1 Å². The second kappa shape index (κ2) is 5.71. The van der Waals surface area contributed by atoms with E-state index in [4.69, 9.17) is 0 Å². The van der Waals surface area contributed by atoms with E-state index in [1.807, 2.05) is 10.3 Å². The van der Waals surface area contributed by atoms with Gasteiger partial charge in [-0.3, -0.25) is 4.79 Å². The lowest BCUT2D eigenvalue weighted by Gasteiger charge is -2.23. The quantitative estimate of drug-likeness (QED) is 0.870. The van der Waals surface area contributed by atoms with Gasteiger partial charge in [0.05, 0.1) is 12.5 Å². The molecule has 1 aromatic carbocycles. The molecule has 1 fully saturated rings. The highest BCUT2D eigenvalue weighted by Gasteiger charge is 2.31. The van der Waals surface area contributed by atoms with Gasteiger partial charge in [0.1, 0.15) is 10.8 Å². The maximum atomic E-state index is 13.2. The van der Waals surface area contributed by atoms with Gasteiger partial charge in [0.2, 0.25) is 5.91 Å². The average molecular weight is 290 g/mol. The summed E-state index contributed by atoms with van der Waals surface area (Å²) in [5, 5.41) is 2.93. The van der Waals surface area contributed by atoms with E-state index in [1.165, 1.54) is 12.1 Å². The summed E-state index contributed by atoms with van der Waals surface area (Å²) < 4.78 is 13.2. The molecule has 1 saturated heterocycles. The first-order valence-corrected chi connectivity index (χ1v) is 7.55. The number of hydrogen-bond donors (Lipinski definition) is 0. The predicted molar refractivity (Wildman–Crippen MR) is 75.9 cm³/mol. The zero-order chi connectivity index (χ0) is 13.9. The van der Waals surface area contributed by atoms with Gasteiger partial charge in [-0.05, 0) is 30.5 Å². The normalized spacial score (nSPS) is 18.4. The van der Waals surface area contributed by atoms with Gasteiger partial charge in [-0.1, -0.05) is 12.1 Å². The lowest BCUT2D eigenvalue weighted by Crippen LogP contribution is -2.31. The zero-order valence-corrected chi connectivity index (χ0v) is 11.8. The van der Waals surface area contributed by atoms with Crippen LogP contribution < -0.4 is 0 Å². The molecule has 1 amide bonds. The van der Waals surface area contributed by atoms with Crippen LogP contribution in [-0.2, 0) is 11.2 Å². The van der Waals surface area contributed by atoms with Gasteiger partial charge in [-0.15, -0.1) is 11.3 Å². The van der Waals surface area contributed by atoms with E-state index in [9.17, 15) is 9.18 Å².